The second kappa shape index (κ2) is 5.70. The van der Waals surface area contributed by atoms with Crippen LogP contribution in [0.25, 0.3) is 0 Å². The van der Waals surface area contributed by atoms with E-state index in [2.05, 4.69) is 17.6 Å². The van der Waals surface area contributed by atoms with Crippen molar-refractivity contribution >= 4 is 0 Å². The van der Waals surface area contributed by atoms with Crippen LogP contribution in [0, 0.1) is 5.92 Å². The SMILES string of the molecule is CC1CCNC(CNCCC(F)(F)F)C1. The van der Waals surface area contributed by atoms with E-state index in [4.69, 9.17) is 0 Å². The van der Waals surface area contributed by atoms with Crippen LogP contribution in [0.15, 0.2) is 0 Å². The fourth-order valence-corrected chi connectivity index (χ4v) is 1.88. The Bertz CT molecular complexity index is 182. The van der Waals surface area contributed by atoms with Gasteiger partial charge < -0.3 is 10.6 Å². The standard InChI is InChI=1S/C10H19F3N2/c1-8-2-4-15-9(6-8)7-14-5-3-10(11,12)13/h8-9,14-15H,2-7H2,1H3. The summed E-state index contributed by atoms with van der Waals surface area (Å²) in [5, 5.41) is 6.15. The molecule has 0 aromatic carbocycles. The molecule has 0 bridgehead atoms. The average molecular weight is 224 g/mol. The number of hydrogen-bond donors (Lipinski definition) is 2. The molecular formula is C10H19F3N2. The molecule has 0 saturated carbocycles. The van der Waals surface area contributed by atoms with E-state index in [1.165, 1.54) is 6.42 Å². The zero-order chi connectivity index (χ0) is 11.3. The molecule has 1 saturated heterocycles. The molecule has 1 fully saturated rings. The molecule has 0 amide bonds. The lowest BCUT2D eigenvalue weighted by molar-refractivity contribution is -0.133. The Morgan fingerprint density at radius 3 is 2.73 bits per heavy atom. The first-order chi connectivity index (χ1) is 6.97. The van der Waals surface area contributed by atoms with Gasteiger partial charge in [0.05, 0.1) is 6.42 Å². The third-order valence-corrected chi connectivity index (χ3v) is 2.73. The Morgan fingerprint density at radius 1 is 1.40 bits per heavy atom. The second-order valence-corrected chi connectivity index (χ2v) is 4.35. The van der Waals surface area contributed by atoms with Crippen LogP contribution in [0.3, 0.4) is 0 Å². The van der Waals surface area contributed by atoms with Gasteiger partial charge in [-0.1, -0.05) is 6.92 Å². The molecule has 2 N–H and O–H groups in total. The average Bonchev–Trinajstić information content (AvgIpc) is 2.11. The van der Waals surface area contributed by atoms with E-state index in [1.54, 1.807) is 0 Å². The van der Waals surface area contributed by atoms with E-state index in [0.29, 0.717) is 18.5 Å². The van der Waals surface area contributed by atoms with Crippen LogP contribution >= 0.6 is 0 Å². The third-order valence-electron chi connectivity index (χ3n) is 2.73. The fourth-order valence-electron chi connectivity index (χ4n) is 1.88. The maximum absolute atomic E-state index is 11.8. The molecule has 2 unspecified atom stereocenters. The molecule has 0 spiro atoms. The number of halogens is 3. The summed E-state index contributed by atoms with van der Waals surface area (Å²) in [6, 6.07) is 0.335. The molecule has 1 aliphatic heterocycles. The van der Waals surface area contributed by atoms with Gasteiger partial charge in [0.15, 0.2) is 0 Å². The van der Waals surface area contributed by atoms with Crippen molar-refractivity contribution in [3.8, 4) is 0 Å². The van der Waals surface area contributed by atoms with Gasteiger partial charge in [-0.3, -0.25) is 0 Å². The molecule has 0 aliphatic carbocycles. The summed E-state index contributed by atoms with van der Waals surface area (Å²) in [6.45, 7) is 3.83. The number of hydrogen-bond acceptors (Lipinski definition) is 2. The van der Waals surface area contributed by atoms with E-state index in [1.807, 2.05) is 0 Å². The number of piperidine rings is 1. The predicted octanol–water partition coefficient (Wildman–Crippen LogP) is 1.92. The minimum Gasteiger partial charge on any atom is -0.315 e. The fraction of sp³-hybridized carbons (Fsp3) is 1.00. The van der Waals surface area contributed by atoms with Crippen LogP contribution in [-0.2, 0) is 0 Å². The smallest absolute Gasteiger partial charge is 0.315 e. The molecule has 1 rings (SSSR count). The molecule has 0 aromatic heterocycles. The molecule has 1 aliphatic rings. The minimum atomic E-state index is -4.04. The van der Waals surface area contributed by atoms with Crippen molar-refractivity contribution in [1.82, 2.24) is 10.6 Å². The van der Waals surface area contributed by atoms with Crippen molar-refractivity contribution in [2.75, 3.05) is 19.6 Å². The predicted molar refractivity (Wildman–Crippen MR) is 53.7 cm³/mol. The first-order valence-corrected chi connectivity index (χ1v) is 5.48. The van der Waals surface area contributed by atoms with Crippen LogP contribution in [0.1, 0.15) is 26.2 Å². The summed E-state index contributed by atoms with van der Waals surface area (Å²) in [5.41, 5.74) is 0. The highest BCUT2D eigenvalue weighted by Gasteiger charge is 2.26. The van der Waals surface area contributed by atoms with Crippen LogP contribution in [0.2, 0.25) is 0 Å². The van der Waals surface area contributed by atoms with E-state index >= 15 is 0 Å². The van der Waals surface area contributed by atoms with Crippen molar-refractivity contribution in [2.45, 2.75) is 38.4 Å². The Kier molecular flexibility index (Phi) is 4.86. The van der Waals surface area contributed by atoms with E-state index in [0.717, 1.165) is 13.0 Å². The normalized spacial score (nSPS) is 28.0. The summed E-state index contributed by atoms with van der Waals surface area (Å²) >= 11 is 0. The number of alkyl halides is 3. The van der Waals surface area contributed by atoms with Gasteiger partial charge in [0, 0.05) is 19.1 Å². The van der Waals surface area contributed by atoms with Gasteiger partial charge in [-0.15, -0.1) is 0 Å². The lowest BCUT2D eigenvalue weighted by Gasteiger charge is -2.28. The van der Waals surface area contributed by atoms with Gasteiger partial charge in [0.2, 0.25) is 0 Å². The number of rotatable bonds is 4. The van der Waals surface area contributed by atoms with Crippen LogP contribution < -0.4 is 10.6 Å². The van der Waals surface area contributed by atoms with Crippen molar-refractivity contribution < 1.29 is 13.2 Å². The summed E-state index contributed by atoms with van der Waals surface area (Å²) in [5.74, 6) is 0.681. The van der Waals surface area contributed by atoms with Gasteiger partial charge in [0.25, 0.3) is 0 Å². The largest absolute Gasteiger partial charge is 0.390 e. The van der Waals surface area contributed by atoms with E-state index in [-0.39, 0.29) is 6.54 Å². The molecule has 15 heavy (non-hydrogen) atoms. The summed E-state index contributed by atoms with van der Waals surface area (Å²) < 4.78 is 35.5. The Hall–Kier alpha value is -0.290. The lowest BCUT2D eigenvalue weighted by Crippen LogP contribution is -2.44. The van der Waals surface area contributed by atoms with E-state index in [9.17, 15) is 13.2 Å². The monoisotopic (exact) mass is 224 g/mol. The maximum Gasteiger partial charge on any atom is 0.390 e. The maximum atomic E-state index is 11.8. The Morgan fingerprint density at radius 2 is 2.13 bits per heavy atom. The quantitative estimate of drug-likeness (QED) is 0.713. The first-order valence-electron chi connectivity index (χ1n) is 5.48. The molecule has 0 aromatic rings. The van der Waals surface area contributed by atoms with Crippen molar-refractivity contribution in [2.24, 2.45) is 5.92 Å². The van der Waals surface area contributed by atoms with Gasteiger partial charge in [-0.05, 0) is 25.3 Å². The van der Waals surface area contributed by atoms with Crippen molar-refractivity contribution in [3.05, 3.63) is 0 Å². The zero-order valence-electron chi connectivity index (χ0n) is 9.03. The highest BCUT2D eigenvalue weighted by atomic mass is 19.4. The third kappa shape index (κ3) is 5.99. The minimum absolute atomic E-state index is 0.0239. The van der Waals surface area contributed by atoms with Gasteiger partial charge >= 0.3 is 6.18 Å². The highest BCUT2D eigenvalue weighted by Crippen LogP contribution is 2.18. The molecule has 5 heteroatoms. The molecule has 2 atom stereocenters. The molecule has 0 radical (unpaired) electrons. The molecule has 1 heterocycles. The highest BCUT2D eigenvalue weighted by molar-refractivity contribution is 4.77. The van der Waals surface area contributed by atoms with Gasteiger partial charge in [-0.2, -0.15) is 13.2 Å². The topological polar surface area (TPSA) is 24.1 Å². The van der Waals surface area contributed by atoms with Gasteiger partial charge in [-0.25, -0.2) is 0 Å². The summed E-state index contributed by atoms with van der Waals surface area (Å²) in [6.07, 6.45) is -2.56. The first kappa shape index (κ1) is 12.8. The molecule has 2 nitrogen and oxygen atoms in total. The summed E-state index contributed by atoms with van der Waals surface area (Å²) in [7, 11) is 0. The molecular weight excluding hydrogens is 205 g/mol. The number of nitrogens with one attached hydrogen (secondary N) is 2. The van der Waals surface area contributed by atoms with Crippen LogP contribution in [-0.4, -0.2) is 31.9 Å². The molecule has 90 valence electrons. The Labute approximate surface area is 88.6 Å². The van der Waals surface area contributed by atoms with Crippen molar-refractivity contribution in [1.29, 1.82) is 0 Å². The van der Waals surface area contributed by atoms with Crippen LogP contribution in [0.5, 0.6) is 0 Å². The summed E-state index contributed by atoms with van der Waals surface area (Å²) in [4.78, 5) is 0. The second-order valence-electron chi connectivity index (χ2n) is 4.35. The van der Waals surface area contributed by atoms with E-state index < -0.39 is 12.6 Å². The lowest BCUT2D eigenvalue weighted by atomic mass is 9.94. The van der Waals surface area contributed by atoms with Crippen molar-refractivity contribution in [3.63, 3.8) is 0 Å². The zero-order valence-corrected chi connectivity index (χ0v) is 9.03. The van der Waals surface area contributed by atoms with Crippen LogP contribution in [0.4, 0.5) is 13.2 Å². The van der Waals surface area contributed by atoms with Gasteiger partial charge in [0.1, 0.15) is 0 Å². The Balaban J connectivity index is 2.04.